The smallest absolute Gasteiger partial charge is 0.329 e. The van der Waals surface area contributed by atoms with Gasteiger partial charge in [0.05, 0.1) is 12.7 Å². The topological polar surface area (TPSA) is 66.8 Å². The molecule has 1 N–H and O–H groups in total. The van der Waals surface area contributed by atoms with Crippen molar-refractivity contribution >= 4 is 11.9 Å². The van der Waals surface area contributed by atoms with E-state index in [0.29, 0.717) is 6.61 Å². The fourth-order valence-corrected chi connectivity index (χ4v) is 1.56. The highest BCUT2D eigenvalue weighted by atomic mass is 16.5. The standard InChI is InChI=1S/C10H13NO4/c1-3-4-8(12)11-5-6-15-7(2)9(11)10(13)14/h7,9H,5-6H2,1-2H3,(H,13,14). The van der Waals surface area contributed by atoms with E-state index in [9.17, 15) is 9.59 Å². The number of amides is 1. The van der Waals surface area contributed by atoms with Crippen LogP contribution in [0.2, 0.25) is 0 Å². The lowest BCUT2D eigenvalue weighted by molar-refractivity contribution is -0.162. The SMILES string of the molecule is CC#CC(=O)N1CCOC(C)C1C(=O)O. The average molecular weight is 211 g/mol. The molecule has 0 aromatic carbocycles. The van der Waals surface area contributed by atoms with Crippen LogP contribution >= 0.6 is 0 Å². The van der Waals surface area contributed by atoms with Gasteiger partial charge >= 0.3 is 5.97 Å². The van der Waals surface area contributed by atoms with E-state index in [4.69, 9.17) is 9.84 Å². The maximum atomic E-state index is 11.5. The Balaban J connectivity index is 2.87. The third-order valence-electron chi connectivity index (χ3n) is 2.24. The van der Waals surface area contributed by atoms with Crippen LogP contribution in [0, 0.1) is 11.8 Å². The van der Waals surface area contributed by atoms with Gasteiger partial charge in [0, 0.05) is 6.54 Å². The number of aliphatic carboxylic acids is 1. The number of hydrogen-bond acceptors (Lipinski definition) is 3. The molecule has 0 saturated carbocycles. The van der Waals surface area contributed by atoms with E-state index in [1.165, 1.54) is 11.8 Å². The number of carbonyl (C=O) groups is 2. The van der Waals surface area contributed by atoms with E-state index in [0.717, 1.165) is 0 Å². The van der Waals surface area contributed by atoms with Gasteiger partial charge in [0.2, 0.25) is 0 Å². The Bertz CT molecular complexity index is 328. The second-order valence-corrected chi connectivity index (χ2v) is 3.23. The van der Waals surface area contributed by atoms with Crippen molar-refractivity contribution in [2.45, 2.75) is 26.0 Å². The largest absolute Gasteiger partial charge is 0.480 e. The number of carbonyl (C=O) groups excluding carboxylic acids is 1. The van der Waals surface area contributed by atoms with E-state index in [1.807, 2.05) is 0 Å². The van der Waals surface area contributed by atoms with Crippen molar-refractivity contribution in [3.63, 3.8) is 0 Å². The van der Waals surface area contributed by atoms with Crippen molar-refractivity contribution in [2.75, 3.05) is 13.2 Å². The first-order chi connectivity index (χ1) is 7.07. The van der Waals surface area contributed by atoms with Crippen molar-refractivity contribution in [2.24, 2.45) is 0 Å². The maximum Gasteiger partial charge on any atom is 0.329 e. The number of nitrogens with zero attached hydrogens (tertiary/aromatic N) is 1. The molecule has 1 heterocycles. The van der Waals surface area contributed by atoms with Crippen molar-refractivity contribution in [3.05, 3.63) is 0 Å². The molecule has 1 amide bonds. The van der Waals surface area contributed by atoms with Crippen LogP contribution in [-0.2, 0) is 14.3 Å². The highest BCUT2D eigenvalue weighted by Crippen LogP contribution is 2.14. The summed E-state index contributed by atoms with van der Waals surface area (Å²) in [6.07, 6.45) is -0.501. The van der Waals surface area contributed by atoms with Gasteiger partial charge in [0.1, 0.15) is 0 Å². The minimum atomic E-state index is -1.06. The summed E-state index contributed by atoms with van der Waals surface area (Å²) in [5, 5.41) is 8.97. The molecule has 1 rings (SSSR count). The van der Waals surface area contributed by atoms with Gasteiger partial charge in [-0.1, -0.05) is 5.92 Å². The van der Waals surface area contributed by atoms with Crippen LogP contribution in [0.5, 0.6) is 0 Å². The zero-order valence-corrected chi connectivity index (χ0v) is 8.69. The van der Waals surface area contributed by atoms with E-state index in [2.05, 4.69) is 11.8 Å². The van der Waals surface area contributed by atoms with Crippen molar-refractivity contribution < 1.29 is 19.4 Å². The van der Waals surface area contributed by atoms with Gasteiger partial charge in [-0.15, -0.1) is 0 Å². The van der Waals surface area contributed by atoms with Gasteiger partial charge in [0.15, 0.2) is 6.04 Å². The lowest BCUT2D eigenvalue weighted by Crippen LogP contribution is -2.56. The lowest BCUT2D eigenvalue weighted by Gasteiger charge is -2.35. The number of rotatable bonds is 1. The average Bonchev–Trinajstić information content (AvgIpc) is 2.17. The van der Waals surface area contributed by atoms with Crippen LogP contribution in [-0.4, -0.2) is 47.2 Å². The summed E-state index contributed by atoms with van der Waals surface area (Å²) in [6, 6.07) is -0.938. The Morgan fingerprint density at radius 2 is 2.20 bits per heavy atom. The second kappa shape index (κ2) is 4.80. The van der Waals surface area contributed by atoms with E-state index in [1.54, 1.807) is 6.92 Å². The van der Waals surface area contributed by atoms with Gasteiger partial charge in [-0.05, 0) is 19.8 Å². The van der Waals surface area contributed by atoms with E-state index in [-0.39, 0.29) is 6.54 Å². The molecule has 82 valence electrons. The minimum absolute atomic E-state index is 0.273. The van der Waals surface area contributed by atoms with Crippen LogP contribution in [0.1, 0.15) is 13.8 Å². The molecule has 0 aromatic rings. The predicted molar refractivity (Wildman–Crippen MR) is 52.0 cm³/mol. The van der Waals surface area contributed by atoms with Crippen LogP contribution in [0.25, 0.3) is 0 Å². The van der Waals surface area contributed by atoms with Crippen molar-refractivity contribution in [1.29, 1.82) is 0 Å². The monoisotopic (exact) mass is 211 g/mol. The molecule has 1 aliphatic rings. The van der Waals surface area contributed by atoms with Crippen molar-refractivity contribution in [3.8, 4) is 11.8 Å². The van der Waals surface area contributed by atoms with Gasteiger partial charge in [-0.25, -0.2) is 4.79 Å². The Labute approximate surface area is 88.0 Å². The van der Waals surface area contributed by atoms with E-state index >= 15 is 0 Å². The molecule has 0 bridgehead atoms. The van der Waals surface area contributed by atoms with Gasteiger partial charge in [0.25, 0.3) is 5.91 Å². The summed E-state index contributed by atoms with van der Waals surface area (Å²) < 4.78 is 5.19. The number of carboxylic acid groups (broad SMARTS) is 1. The Morgan fingerprint density at radius 1 is 1.53 bits per heavy atom. The minimum Gasteiger partial charge on any atom is -0.480 e. The first-order valence-corrected chi connectivity index (χ1v) is 4.65. The number of ether oxygens (including phenoxy) is 1. The zero-order valence-electron chi connectivity index (χ0n) is 8.69. The molecule has 1 fully saturated rings. The second-order valence-electron chi connectivity index (χ2n) is 3.23. The van der Waals surface area contributed by atoms with Crippen LogP contribution in [0.4, 0.5) is 0 Å². The molecule has 0 aliphatic carbocycles. The Kier molecular flexibility index (Phi) is 3.69. The summed E-state index contributed by atoms with van der Waals surface area (Å²) in [4.78, 5) is 23.7. The number of hydrogen-bond donors (Lipinski definition) is 1. The molecule has 1 saturated heterocycles. The number of morpholine rings is 1. The molecule has 2 atom stereocenters. The van der Waals surface area contributed by atoms with Gasteiger partial charge in [-0.3, -0.25) is 4.79 Å². The molecular formula is C10H13NO4. The molecule has 0 aromatic heterocycles. The molecular weight excluding hydrogens is 198 g/mol. The fourth-order valence-electron chi connectivity index (χ4n) is 1.56. The van der Waals surface area contributed by atoms with Crippen LogP contribution in [0.3, 0.4) is 0 Å². The molecule has 1 aliphatic heterocycles. The Hall–Kier alpha value is -1.54. The molecule has 15 heavy (non-hydrogen) atoms. The van der Waals surface area contributed by atoms with E-state index < -0.39 is 24.0 Å². The summed E-state index contributed by atoms with van der Waals surface area (Å²) in [5.41, 5.74) is 0. The molecule has 5 nitrogen and oxygen atoms in total. The van der Waals surface area contributed by atoms with Crippen molar-refractivity contribution in [1.82, 2.24) is 4.90 Å². The first kappa shape index (κ1) is 11.5. The Morgan fingerprint density at radius 3 is 2.73 bits per heavy atom. The maximum absolute atomic E-state index is 11.5. The summed E-state index contributed by atoms with van der Waals surface area (Å²) in [7, 11) is 0. The summed E-state index contributed by atoms with van der Waals surface area (Å²) in [5.74, 6) is 3.28. The summed E-state index contributed by atoms with van der Waals surface area (Å²) in [6.45, 7) is 3.80. The van der Waals surface area contributed by atoms with Gasteiger partial charge in [-0.2, -0.15) is 0 Å². The molecule has 0 radical (unpaired) electrons. The highest BCUT2D eigenvalue weighted by Gasteiger charge is 2.37. The lowest BCUT2D eigenvalue weighted by atomic mass is 10.1. The normalized spacial score (nSPS) is 25.3. The third-order valence-corrected chi connectivity index (χ3v) is 2.24. The highest BCUT2D eigenvalue weighted by molar-refractivity contribution is 5.96. The molecule has 5 heteroatoms. The molecule has 2 unspecified atom stereocenters. The number of carboxylic acids is 1. The predicted octanol–water partition coefficient (Wildman–Crippen LogP) is -0.290. The van der Waals surface area contributed by atoms with Crippen LogP contribution < -0.4 is 0 Å². The quantitative estimate of drug-likeness (QED) is 0.605. The summed E-state index contributed by atoms with van der Waals surface area (Å²) >= 11 is 0. The zero-order chi connectivity index (χ0) is 11.4. The fraction of sp³-hybridized carbons (Fsp3) is 0.600. The van der Waals surface area contributed by atoms with Gasteiger partial charge < -0.3 is 14.7 Å². The molecule has 0 spiro atoms. The first-order valence-electron chi connectivity index (χ1n) is 4.65. The van der Waals surface area contributed by atoms with Crippen LogP contribution in [0.15, 0.2) is 0 Å². The third kappa shape index (κ3) is 2.48.